The lowest BCUT2D eigenvalue weighted by Crippen LogP contribution is -2.32. The number of thiazole rings is 1. The van der Waals surface area contributed by atoms with Crippen LogP contribution in [0.5, 0.6) is 0 Å². The molecule has 0 amide bonds. The Morgan fingerprint density at radius 2 is 2.06 bits per heavy atom. The minimum Gasteiger partial charge on any atom is -0.317 e. The molecular formula is C14H24N2S. The highest BCUT2D eigenvalue weighted by Crippen LogP contribution is 2.30. The van der Waals surface area contributed by atoms with Crippen molar-refractivity contribution in [3.63, 3.8) is 0 Å². The lowest BCUT2D eigenvalue weighted by Gasteiger charge is -2.22. The second-order valence-electron chi connectivity index (χ2n) is 5.23. The SMILES string of the molecule is CNC(CCc1nc(C)c(C)s1)C1CCCC1. The van der Waals surface area contributed by atoms with E-state index >= 15 is 0 Å². The maximum absolute atomic E-state index is 4.63. The molecule has 0 aliphatic heterocycles. The van der Waals surface area contributed by atoms with Crippen molar-refractivity contribution in [2.45, 2.75) is 58.4 Å². The summed E-state index contributed by atoms with van der Waals surface area (Å²) in [5, 5.41) is 4.83. The quantitative estimate of drug-likeness (QED) is 0.868. The first kappa shape index (κ1) is 13.0. The fraction of sp³-hybridized carbons (Fsp3) is 0.786. The van der Waals surface area contributed by atoms with Crippen molar-refractivity contribution in [3.8, 4) is 0 Å². The van der Waals surface area contributed by atoms with E-state index in [-0.39, 0.29) is 0 Å². The van der Waals surface area contributed by atoms with Gasteiger partial charge in [-0.05, 0) is 46.1 Å². The molecule has 1 aliphatic carbocycles. The minimum atomic E-state index is 0.696. The largest absolute Gasteiger partial charge is 0.317 e. The van der Waals surface area contributed by atoms with Gasteiger partial charge in [0.2, 0.25) is 0 Å². The molecule has 0 saturated heterocycles. The van der Waals surface area contributed by atoms with E-state index in [2.05, 4.69) is 31.2 Å². The average molecular weight is 252 g/mol. The second-order valence-corrected chi connectivity index (χ2v) is 6.52. The van der Waals surface area contributed by atoms with Crippen molar-refractivity contribution in [2.75, 3.05) is 7.05 Å². The summed E-state index contributed by atoms with van der Waals surface area (Å²) >= 11 is 1.87. The zero-order chi connectivity index (χ0) is 12.3. The van der Waals surface area contributed by atoms with E-state index in [1.807, 2.05) is 11.3 Å². The third kappa shape index (κ3) is 3.29. The van der Waals surface area contributed by atoms with Crippen LogP contribution in [-0.2, 0) is 6.42 Å². The summed E-state index contributed by atoms with van der Waals surface area (Å²) in [5.41, 5.74) is 1.21. The molecule has 0 radical (unpaired) electrons. The topological polar surface area (TPSA) is 24.9 Å². The summed E-state index contributed by atoms with van der Waals surface area (Å²) in [5.74, 6) is 0.905. The van der Waals surface area contributed by atoms with Gasteiger partial charge in [-0.25, -0.2) is 4.98 Å². The molecule has 0 bridgehead atoms. The lowest BCUT2D eigenvalue weighted by molar-refractivity contribution is 0.360. The van der Waals surface area contributed by atoms with Gasteiger partial charge in [0, 0.05) is 17.3 Å². The van der Waals surface area contributed by atoms with Crippen LogP contribution in [-0.4, -0.2) is 18.1 Å². The van der Waals surface area contributed by atoms with Gasteiger partial charge in [0.25, 0.3) is 0 Å². The zero-order valence-corrected chi connectivity index (χ0v) is 12.1. The Morgan fingerprint density at radius 1 is 1.35 bits per heavy atom. The van der Waals surface area contributed by atoms with E-state index in [4.69, 9.17) is 0 Å². The number of aryl methyl sites for hydroxylation is 3. The summed E-state index contributed by atoms with van der Waals surface area (Å²) in [6, 6.07) is 0.696. The maximum atomic E-state index is 4.63. The summed E-state index contributed by atoms with van der Waals surface area (Å²) in [4.78, 5) is 6.01. The minimum absolute atomic E-state index is 0.696. The number of hydrogen-bond donors (Lipinski definition) is 1. The van der Waals surface area contributed by atoms with Crippen molar-refractivity contribution >= 4 is 11.3 Å². The van der Waals surface area contributed by atoms with E-state index < -0.39 is 0 Å². The second kappa shape index (κ2) is 5.96. The average Bonchev–Trinajstić information content (AvgIpc) is 2.92. The number of rotatable bonds is 5. The van der Waals surface area contributed by atoms with Crippen molar-refractivity contribution in [2.24, 2.45) is 5.92 Å². The molecule has 1 saturated carbocycles. The van der Waals surface area contributed by atoms with Crippen LogP contribution in [0.3, 0.4) is 0 Å². The van der Waals surface area contributed by atoms with Gasteiger partial charge in [0.05, 0.1) is 10.7 Å². The predicted molar refractivity (Wildman–Crippen MR) is 74.7 cm³/mol. The van der Waals surface area contributed by atoms with Gasteiger partial charge in [0.15, 0.2) is 0 Å². The Balaban J connectivity index is 1.86. The van der Waals surface area contributed by atoms with E-state index in [1.165, 1.54) is 47.7 Å². The van der Waals surface area contributed by atoms with Gasteiger partial charge in [0.1, 0.15) is 0 Å². The van der Waals surface area contributed by atoms with Gasteiger partial charge in [-0.15, -0.1) is 11.3 Å². The van der Waals surface area contributed by atoms with Crippen LogP contribution in [0.2, 0.25) is 0 Å². The van der Waals surface area contributed by atoms with E-state index in [0.717, 1.165) is 12.3 Å². The molecule has 3 heteroatoms. The molecule has 2 nitrogen and oxygen atoms in total. The third-order valence-electron chi connectivity index (χ3n) is 4.08. The summed E-state index contributed by atoms with van der Waals surface area (Å²) in [6.45, 7) is 4.28. The van der Waals surface area contributed by atoms with Crippen LogP contribution < -0.4 is 5.32 Å². The lowest BCUT2D eigenvalue weighted by atomic mass is 9.94. The van der Waals surface area contributed by atoms with Gasteiger partial charge in [-0.3, -0.25) is 0 Å². The number of nitrogens with one attached hydrogen (secondary N) is 1. The predicted octanol–water partition coefficient (Wildman–Crippen LogP) is 3.47. The number of hydrogen-bond acceptors (Lipinski definition) is 3. The summed E-state index contributed by atoms with van der Waals surface area (Å²) in [6.07, 6.45) is 8.08. The van der Waals surface area contributed by atoms with E-state index in [9.17, 15) is 0 Å². The first-order valence-electron chi connectivity index (χ1n) is 6.81. The fourth-order valence-electron chi connectivity index (χ4n) is 2.90. The molecule has 1 aromatic heterocycles. The number of nitrogens with zero attached hydrogens (tertiary/aromatic N) is 1. The molecule has 0 aromatic carbocycles. The van der Waals surface area contributed by atoms with Gasteiger partial charge >= 0.3 is 0 Å². The zero-order valence-electron chi connectivity index (χ0n) is 11.3. The third-order valence-corrected chi connectivity index (χ3v) is 5.21. The van der Waals surface area contributed by atoms with E-state index in [1.54, 1.807) is 0 Å². The van der Waals surface area contributed by atoms with Crippen LogP contribution in [0.1, 0.15) is 47.7 Å². The maximum Gasteiger partial charge on any atom is 0.0931 e. The molecule has 1 aromatic rings. The Bertz CT molecular complexity index is 334. The highest BCUT2D eigenvalue weighted by atomic mass is 32.1. The highest BCUT2D eigenvalue weighted by molar-refractivity contribution is 7.11. The van der Waals surface area contributed by atoms with Crippen molar-refractivity contribution in [3.05, 3.63) is 15.6 Å². The Morgan fingerprint density at radius 3 is 2.59 bits per heavy atom. The molecule has 17 heavy (non-hydrogen) atoms. The normalized spacial score (nSPS) is 18.8. The standard InChI is InChI=1S/C14H24N2S/c1-10-11(2)17-14(16-10)9-8-13(15-3)12-6-4-5-7-12/h12-13,15H,4-9H2,1-3H3. The molecule has 1 unspecified atom stereocenters. The summed E-state index contributed by atoms with van der Waals surface area (Å²) in [7, 11) is 2.11. The van der Waals surface area contributed by atoms with Crippen LogP contribution >= 0.6 is 11.3 Å². The van der Waals surface area contributed by atoms with Gasteiger partial charge in [-0.2, -0.15) is 0 Å². The van der Waals surface area contributed by atoms with Crippen LogP contribution in [0.15, 0.2) is 0 Å². The molecular weight excluding hydrogens is 228 g/mol. The van der Waals surface area contributed by atoms with Crippen LogP contribution in [0.4, 0.5) is 0 Å². The van der Waals surface area contributed by atoms with Gasteiger partial charge < -0.3 is 5.32 Å². The molecule has 96 valence electrons. The highest BCUT2D eigenvalue weighted by Gasteiger charge is 2.23. The Kier molecular flexibility index (Phi) is 4.57. The van der Waals surface area contributed by atoms with Crippen molar-refractivity contribution in [1.82, 2.24) is 10.3 Å². The molecule has 2 rings (SSSR count). The molecule has 1 fully saturated rings. The van der Waals surface area contributed by atoms with Crippen molar-refractivity contribution in [1.29, 1.82) is 0 Å². The number of aromatic nitrogens is 1. The summed E-state index contributed by atoms with van der Waals surface area (Å²) < 4.78 is 0. The first-order chi connectivity index (χ1) is 8.20. The van der Waals surface area contributed by atoms with Gasteiger partial charge in [-0.1, -0.05) is 12.8 Å². The smallest absolute Gasteiger partial charge is 0.0931 e. The monoisotopic (exact) mass is 252 g/mol. The molecule has 1 atom stereocenters. The molecule has 1 heterocycles. The fourth-order valence-corrected chi connectivity index (χ4v) is 3.85. The van der Waals surface area contributed by atoms with Crippen LogP contribution in [0.25, 0.3) is 0 Å². The molecule has 1 aliphatic rings. The van der Waals surface area contributed by atoms with Crippen LogP contribution in [0, 0.1) is 19.8 Å². The molecule has 1 N–H and O–H groups in total. The van der Waals surface area contributed by atoms with E-state index in [0.29, 0.717) is 6.04 Å². The Labute approximate surface area is 109 Å². The first-order valence-corrected chi connectivity index (χ1v) is 7.62. The molecule has 0 spiro atoms. The van der Waals surface area contributed by atoms with Crippen molar-refractivity contribution < 1.29 is 0 Å². The Hall–Kier alpha value is -0.410.